The molecule has 0 bridgehead atoms. The van der Waals surface area contributed by atoms with Gasteiger partial charge in [0.25, 0.3) is 0 Å². The van der Waals surface area contributed by atoms with E-state index in [1.807, 2.05) is 0 Å². The van der Waals surface area contributed by atoms with Crippen LogP contribution >= 0.6 is 0 Å². The van der Waals surface area contributed by atoms with Crippen molar-refractivity contribution in [2.45, 2.75) is 50.4 Å². The fourth-order valence-electron chi connectivity index (χ4n) is 2.60. The van der Waals surface area contributed by atoms with Crippen molar-refractivity contribution in [1.82, 2.24) is 10.2 Å². The van der Waals surface area contributed by atoms with E-state index < -0.39 is 11.7 Å². The second kappa shape index (κ2) is 4.18. The summed E-state index contributed by atoms with van der Waals surface area (Å²) in [4.78, 5) is 1.65. The van der Waals surface area contributed by atoms with E-state index in [1.54, 1.807) is 4.90 Å². The third-order valence-corrected chi connectivity index (χ3v) is 3.91. The van der Waals surface area contributed by atoms with Gasteiger partial charge in [-0.1, -0.05) is 6.92 Å². The lowest BCUT2D eigenvalue weighted by Crippen LogP contribution is -2.49. The lowest BCUT2D eigenvalue weighted by molar-refractivity contribution is -0.195. The molecule has 16 heavy (non-hydrogen) atoms. The number of hydrogen-bond donors (Lipinski definition) is 1. The molecule has 0 aromatic heterocycles. The zero-order chi connectivity index (χ0) is 11.8. The Labute approximate surface area is 94.2 Å². The van der Waals surface area contributed by atoms with Crippen LogP contribution < -0.4 is 5.32 Å². The Morgan fingerprint density at radius 2 is 2.00 bits per heavy atom. The molecule has 2 nitrogen and oxygen atoms in total. The molecule has 2 rings (SSSR count). The molecule has 1 saturated carbocycles. The summed E-state index contributed by atoms with van der Waals surface area (Å²) >= 11 is 0. The molecule has 5 heteroatoms. The van der Waals surface area contributed by atoms with Crippen molar-refractivity contribution in [3.05, 3.63) is 0 Å². The van der Waals surface area contributed by atoms with Crippen LogP contribution in [-0.2, 0) is 0 Å². The van der Waals surface area contributed by atoms with E-state index in [0.717, 1.165) is 12.8 Å². The molecule has 1 aliphatic heterocycles. The zero-order valence-electron chi connectivity index (χ0n) is 9.61. The molecule has 1 atom stereocenters. The molecule has 1 saturated heterocycles. The molecule has 0 radical (unpaired) electrons. The van der Waals surface area contributed by atoms with Crippen LogP contribution in [0.1, 0.15) is 32.6 Å². The molecule has 1 unspecified atom stereocenters. The van der Waals surface area contributed by atoms with Gasteiger partial charge in [0.2, 0.25) is 0 Å². The first kappa shape index (κ1) is 12.2. The minimum atomic E-state index is -4.06. The van der Waals surface area contributed by atoms with Crippen LogP contribution in [0.15, 0.2) is 0 Å². The van der Waals surface area contributed by atoms with Crippen LogP contribution in [-0.4, -0.2) is 42.3 Å². The molecule has 0 spiro atoms. The van der Waals surface area contributed by atoms with Crippen LogP contribution in [0.25, 0.3) is 0 Å². The van der Waals surface area contributed by atoms with E-state index in [4.69, 9.17) is 0 Å². The second-order valence-electron chi connectivity index (χ2n) is 4.86. The maximum atomic E-state index is 12.9. The number of alkyl halides is 3. The molecule has 1 heterocycles. The summed E-state index contributed by atoms with van der Waals surface area (Å²) in [5.41, 5.74) is -1.47. The first-order valence-electron chi connectivity index (χ1n) is 6.05. The van der Waals surface area contributed by atoms with Gasteiger partial charge in [-0.2, -0.15) is 13.2 Å². The molecule has 1 N–H and O–H groups in total. The molecule has 0 aromatic rings. The Bertz CT molecular complexity index is 248. The Kier molecular flexibility index (Phi) is 3.18. The van der Waals surface area contributed by atoms with Gasteiger partial charge < -0.3 is 5.32 Å². The molecule has 2 aliphatic rings. The summed E-state index contributed by atoms with van der Waals surface area (Å²) in [6.07, 6.45) is -1.67. The van der Waals surface area contributed by atoms with Gasteiger partial charge in [-0.25, -0.2) is 0 Å². The smallest absolute Gasteiger partial charge is 0.313 e. The Morgan fingerprint density at radius 3 is 2.50 bits per heavy atom. The Hall–Kier alpha value is -0.290. The van der Waals surface area contributed by atoms with Gasteiger partial charge in [0, 0.05) is 25.7 Å². The molecule has 0 amide bonds. The van der Waals surface area contributed by atoms with E-state index in [-0.39, 0.29) is 12.8 Å². The van der Waals surface area contributed by atoms with Crippen molar-refractivity contribution in [3.8, 4) is 0 Å². The topological polar surface area (TPSA) is 15.3 Å². The van der Waals surface area contributed by atoms with Crippen LogP contribution in [0.5, 0.6) is 0 Å². The first-order valence-corrected chi connectivity index (χ1v) is 6.05. The molecular weight excluding hydrogens is 217 g/mol. The van der Waals surface area contributed by atoms with E-state index in [9.17, 15) is 13.2 Å². The van der Waals surface area contributed by atoms with Gasteiger partial charge in [-0.15, -0.1) is 0 Å². The summed E-state index contributed by atoms with van der Waals surface area (Å²) in [5.74, 6) is 0. The second-order valence-corrected chi connectivity index (χ2v) is 4.86. The minimum absolute atomic E-state index is 0.285. The summed E-state index contributed by atoms with van der Waals surface area (Å²) in [7, 11) is 0. The van der Waals surface area contributed by atoms with Gasteiger partial charge in [0.1, 0.15) is 5.54 Å². The lowest BCUT2D eigenvalue weighted by Gasteiger charge is -2.32. The van der Waals surface area contributed by atoms with E-state index in [1.165, 1.54) is 0 Å². The van der Waals surface area contributed by atoms with Gasteiger partial charge in [0.15, 0.2) is 0 Å². The van der Waals surface area contributed by atoms with Gasteiger partial charge in [-0.05, 0) is 25.7 Å². The van der Waals surface area contributed by atoms with E-state index in [0.29, 0.717) is 25.7 Å². The van der Waals surface area contributed by atoms with Crippen molar-refractivity contribution >= 4 is 0 Å². The van der Waals surface area contributed by atoms with Gasteiger partial charge >= 0.3 is 6.18 Å². The van der Waals surface area contributed by atoms with E-state index in [2.05, 4.69) is 12.2 Å². The predicted molar refractivity (Wildman–Crippen MR) is 56.3 cm³/mol. The summed E-state index contributed by atoms with van der Waals surface area (Å²) in [5, 5.41) is 3.30. The number of rotatable bonds is 2. The SMILES string of the molecule is CCC1CCN(C2(C(F)(F)F)CC2)CCN1. The van der Waals surface area contributed by atoms with Crippen LogP contribution in [0.2, 0.25) is 0 Å². The number of nitrogens with one attached hydrogen (secondary N) is 1. The highest BCUT2D eigenvalue weighted by Crippen LogP contribution is 2.53. The Balaban J connectivity index is 2.00. The van der Waals surface area contributed by atoms with E-state index >= 15 is 0 Å². The summed E-state index contributed by atoms with van der Waals surface area (Å²) < 4.78 is 38.8. The number of halogens is 3. The first-order chi connectivity index (χ1) is 7.49. The highest BCUT2D eigenvalue weighted by atomic mass is 19.4. The number of nitrogens with zero attached hydrogens (tertiary/aromatic N) is 1. The highest BCUT2D eigenvalue weighted by molar-refractivity contribution is 5.10. The van der Waals surface area contributed by atoms with Crippen molar-refractivity contribution in [2.75, 3.05) is 19.6 Å². The number of hydrogen-bond acceptors (Lipinski definition) is 2. The highest BCUT2D eigenvalue weighted by Gasteiger charge is 2.66. The largest absolute Gasteiger partial charge is 0.406 e. The van der Waals surface area contributed by atoms with Crippen molar-refractivity contribution in [2.24, 2.45) is 0 Å². The average Bonchev–Trinajstić information content (AvgIpc) is 3.01. The van der Waals surface area contributed by atoms with Crippen molar-refractivity contribution in [3.63, 3.8) is 0 Å². The molecule has 0 aromatic carbocycles. The zero-order valence-corrected chi connectivity index (χ0v) is 9.61. The fourth-order valence-corrected chi connectivity index (χ4v) is 2.60. The molecular formula is C11H19F3N2. The molecule has 94 valence electrons. The normalized spacial score (nSPS) is 31.1. The minimum Gasteiger partial charge on any atom is -0.313 e. The van der Waals surface area contributed by atoms with Crippen molar-refractivity contribution < 1.29 is 13.2 Å². The van der Waals surface area contributed by atoms with Crippen molar-refractivity contribution in [1.29, 1.82) is 0 Å². The monoisotopic (exact) mass is 236 g/mol. The third kappa shape index (κ3) is 2.07. The summed E-state index contributed by atoms with van der Waals surface area (Å²) in [6.45, 7) is 3.85. The average molecular weight is 236 g/mol. The standard InChI is InChI=1S/C11H19F3N2/c1-2-9-3-7-16(8-6-15-9)10(4-5-10)11(12,13)14/h9,15H,2-8H2,1H3. The summed E-state index contributed by atoms with van der Waals surface area (Å²) in [6, 6.07) is 0.383. The molecule has 2 fully saturated rings. The van der Waals surface area contributed by atoms with Gasteiger partial charge in [0.05, 0.1) is 0 Å². The Morgan fingerprint density at radius 1 is 1.31 bits per heavy atom. The molecule has 1 aliphatic carbocycles. The maximum absolute atomic E-state index is 12.9. The quantitative estimate of drug-likeness (QED) is 0.790. The van der Waals surface area contributed by atoms with Gasteiger partial charge in [-0.3, -0.25) is 4.90 Å². The lowest BCUT2D eigenvalue weighted by atomic mass is 10.1. The van der Waals surface area contributed by atoms with Crippen LogP contribution in [0, 0.1) is 0 Å². The predicted octanol–water partition coefficient (Wildman–Crippen LogP) is 2.16. The fraction of sp³-hybridized carbons (Fsp3) is 1.00. The van der Waals surface area contributed by atoms with Crippen LogP contribution in [0.4, 0.5) is 13.2 Å². The maximum Gasteiger partial charge on any atom is 0.406 e. The third-order valence-electron chi connectivity index (χ3n) is 3.91. The van der Waals surface area contributed by atoms with Crippen LogP contribution in [0.3, 0.4) is 0 Å².